The highest BCUT2D eigenvalue weighted by molar-refractivity contribution is 9.10. The maximum atomic E-state index is 11.1. The molecule has 0 aliphatic rings. The molecule has 0 aliphatic carbocycles. The standard InChI is InChI=1S/C23H21BrCl2N2O3/c1-14(29)28-19-7-5-18(6-8-19)27-12-15-9-20(24)23(22(10-15)30-2)31-13-16-3-4-17(25)11-21(16)26/h3-11,27H,12-13H2,1-2H3,(H,28,29). The molecule has 3 aromatic carbocycles. The largest absolute Gasteiger partial charge is 0.493 e. The zero-order valence-corrected chi connectivity index (χ0v) is 20.1. The molecule has 0 saturated heterocycles. The molecule has 0 fully saturated rings. The second-order valence-corrected chi connectivity index (χ2v) is 8.44. The lowest BCUT2D eigenvalue weighted by Gasteiger charge is -2.16. The number of benzene rings is 3. The van der Waals surface area contributed by atoms with Crippen LogP contribution in [0.4, 0.5) is 11.4 Å². The minimum absolute atomic E-state index is 0.0988. The normalized spacial score (nSPS) is 10.5. The molecule has 2 N–H and O–H groups in total. The lowest BCUT2D eigenvalue weighted by atomic mass is 10.2. The van der Waals surface area contributed by atoms with Crippen LogP contribution >= 0.6 is 39.1 Å². The average Bonchev–Trinajstić information content (AvgIpc) is 2.73. The number of methoxy groups -OCH3 is 1. The van der Waals surface area contributed by atoms with Crippen LogP contribution in [0.25, 0.3) is 0 Å². The Morgan fingerprint density at radius 2 is 1.74 bits per heavy atom. The molecule has 0 saturated carbocycles. The molecule has 0 unspecified atom stereocenters. The van der Waals surface area contributed by atoms with Gasteiger partial charge in [-0.2, -0.15) is 0 Å². The number of anilines is 2. The Labute approximate surface area is 199 Å². The van der Waals surface area contributed by atoms with Crippen LogP contribution in [0.2, 0.25) is 10.0 Å². The van der Waals surface area contributed by atoms with E-state index >= 15 is 0 Å². The zero-order chi connectivity index (χ0) is 22.4. The van der Waals surface area contributed by atoms with E-state index in [4.69, 9.17) is 32.7 Å². The van der Waals surface area contributed by atoms with Gasteiger partial charge in [0, 0.05) is 40.5 Å². The van der Waals surface area contributed by atoms with Crippen molar-refractivity contribution >= 4 is 56.4 Å². The van der Waals surface area contributed by atoms with Crippen molar-refractivity contribution < 1.29 is 14.3 Å². The van der Waals surface area contributed by atoms with Crippen molar-refractivity contribution in [3.8, 4) is 11.5 Å². The Hall–Kier alpha value is -2.41. The number of halogens is 3. The van der Waals surface area contributed by atoms with Crippen molar-refractivity contribution in [3.63, 3.8) is 0 Å². The first-order valence-electron chi connectivity index (χ1n) is 9.40. The van der Waals surface area contributed by atoms with E-state index in [2.05, 4.69) is 26.6 Å². The highest BCUT2D eigenvalue weighted by Crippen LogP contribution is 2.38. The van der Waals surface area contributed by atoms with Gasteiger partial charge in [-0.15, -0.1) is 0 Å². The third-order valence-corrected chi connectivity index (χ3v) is 5.55. The van der Waals surface area contributed by atoms with E-state index in [0.29, 0.717) is 28.1 Å². The fourth-order valence-corrected chi connectivity index (χ4v) is 3.95. The Kier molecular flexibility index (Phi) is 8.07. The number of rotatable bonds is 8. The van der Waals surface area contributed by atoms with Crippen LogP contribution in [0, 0.1) is 0 Å². The summed E-state index contributed by atoms with van der Waals surface area (Å²) in [4.78, 5) is 11.1. The van der Waals surface area contributed by atoms with E-state index in [1.165, 1.54) is 6.92 Å². The maximum absolute atomic E-state index is 11.1. The molecule has 31 heavy (non-hydrogen) atoms. The highest BCUT2D eigenvalue weighted by Gasteiger charge is 2.13. The van der Waals surface area contributed by atoms with Crippen LogP contribution in [0.3, 0.4) is 0 Å². The van der Waals surface area contributed by atoms with Crippen LogP contribution < -0.4 is 20.1 Å². The Morgan fingerprint density at radius 1 is 1.03 bits per heavy atom. The number of nitrogens with one attached hydrogen (secondary N) is 2. The van der Waals surface area contributed by atoms with E-state index in [1.54, 1.807) is 19.2 Å². The van der Waals surface area contributed by atoms with Gasteiger partial charge in [0.1, 0.15) is 6.61 Å². The van der Waals surface area contributed by atoms with Crippen LogP contribution in [-0.4, -0.2) is 13.0 Å². The monoisotopic (exact) mass is 522 g/mol. The quantitative estimate of drug-likeness (QED) is 0.336. The van der Waals surface area contributed by atoms with Gasteiger partial charge in [0.15, 0.2) is 11.5 Å². The SMILES string of the molecule is COc1cc(CNc2ccc(NC(C)=O)cc2)cc(Br)c1OCc1ccc(Cl)cc1Cl. The van der Waals surface area contributed by atoms with Crippen molar-refractivity contribution in [2.75, 3.05) is 17.7 Å². The van der Waals surface area contributed by atoms with Gasteiger partial charge in [0.25, 0.3) is 0 Å². The molecule has 3 rings (SSSR count). The van der Waals surface area contributed by atoms with Gasteiger partial charge in [-0.05, 0) is 70.0 Å². The second kappa shape index (κ2) is 10.8. The molecule has 1 amide bonds. The summed E-state index contributed by atoms with van der Waals surface area (Å²) in [5, 5.41) is 7.22. The first-order chi connectivity index (χ1) is 14.9. The molecule has 0 radical (unpaired) electrons. The third kappa shape index (κ3) is 6.53. The van der Waals surface area contributed by atoms with Gasteiger partial charge in [0.2, 0.25) is 5.91 Å². The van der Waals surface area contributed by atoms with Crippen molar-refractivity contribution in [2.45, 2.75) is 20.1 Å². The van der Waals surface area contributed by atoms with Gasteiger partial charge < -0.3 is 20.1 Å². The number of hydrogen-bond donors (Lipinski definition) is 2. The molecular formula is C23H21BrCl2N2O3. The topological polar surface area (TPSA) is 59.6 Å². The van der Waals surface area contributed by atoms with Gasteiger partial charge in [0.05, 0.1) is 11.6 Å². The molecule has 3 aromatic rings. The summed E-state index contributed by atoms with van der Waals surface area (Å²) in [6.45, 7) is 2.34. The summed E-state index contributed by atoms with van der Waals surface area (Å²) in [5.74, 6) is 1.10. The molecule has 162 valence electrons. The highest BCUT2D eigenvalue weighted by atomic mass is 79.9. The minimum Gasteiger partial charge on any atom is -0.493 e. The third-order valence-electron chi connectivity index (χ3n) is 4.38. The van der Waals surface area contributed by atoms with Crippen LogP contribution in [0.5, 0.6) is 11.5 Å². The average molecular weight is 524 g/mol. The van der Waals surface area contributed by atoms with E-state index < -0.39 is 0 Å². The maximum Gasteiger partial charge on any atom is 0.221 e. The summed E-state index contributed by atoms with van der Waals surface area (Å²) >= 11 is 15.8. The number of hydrogen-bond acceptors (Lipinski definition) is 4. The van der Waals surface area contributed by atoms with Gasteiger partial charge in [-0.1, -0.05) is 29.3 Å². The summed E-state index contributed by atoms with van der Waals surface area (Å²) in [7, 11) is 1.60. The van der Waals surface area contributed by atoms with Gasteiger partial charge in [-0.25, -0.2) is 0 Å². The molecule has 0 atom stereocenters. The Balaban J connectivity index is 1.67. The fourth-order valence-electron chi connectivity index (χ4n) is 2.88. The number of ether oxygens (including phenoxy) is 2. The Bertz CT molecular complexity index is 1080. The summed E-state index contributed by atoms with van der Waals surface area (Å²) in [6, 6.07) is 16.7. The summed E-state index contributed by atoms with van der Waals surface area (Å²) < 4.78 is 12.3. The summed E-state index contributed by atoms with van der Waals surface area (Å²) in [6.07, 6.45) is 0. The molecule has 0 aliphatic heterocycles. The van der Waals surface area contributed by atoms with Crippen LogP contribution in [0.1, 0.15) is 18.1 Å². The molecule has 8 heteroatoms. The predicted molar refractivity (Wildman–Crippen MR) is 130 cm³/mol. The molecular weight excluding hydrogens is 503 g/mol. The Morgan fingerprint density at radius 3 is 2.39 bits per heavy atom. The van der Waals surface area contributed by atoms with E-state index in [-0.39, 0.29) is 12.5 Å². The van der Waals surface area contributed by atoms with Crippen molar-refractivity contribution in [2.24, 2.45) is 0 Å². The second-order valence-electron chi connectivity index (χ2n) is 6.75. The van der Waals surface area contributed by atoms with E-state index in [9.17, 15) is 4.79 Å². The van der Waals surface area contributed by atoms with Crippen molar-refractivity contribution in [1.29, 1.82) is 0 Å². The van der Waals surface area contributed by atoms with E-state index in [0.717, 1.165) is 27.0 Å². The van der Waals surface area contributed by atoms with Gasteiger partial charge >= 0.3 is 0 Å². The van der Waals surface area contributed by atoms with Crippen molar-refractivity contribution in [1.82, 2.24) is 0 Å². The predicted octanol–water partition coefficient (Wildman–Crippen LogP) is 6.91. The number of amides is 1. The van der Waals surface area contributed by atoms with Crippen LogP contribution in [0.15, 0.2) is 59.1 Å². The lowest BCUT2D eigenvalue weighted by Crippen LogP contribution is -2.06. The molecule has 0 bridgehead atoms. The molecule has 5 nitrogen and oxygen atoms in total. The lowest BCUT2D eigenvalue weighted by molar-refractivity contribution is -0.114. The zero-order valence-electron chi connectivity index (χ0n) is 17.0. The smallest absolute Gasteiger partial charge is 0.221 e. The molecule has 0 heterocycles. The minimum atomic E-state index is -0.0988. The molecule has 0 spiro atoms. The fraction of sp³-hybridized carbons (Fsp3) is 0.174. The van der Waals surface area contributed by atoms with Crippen LogP contribution in [-0.2, 0) is 17.9 Å². The van der Waals surface area contributed by atoms with Crippen molar-refractivity contribution in [3.05, 3.63) is 80.2 Å². The number of carbonyl (C=O) groups is 1. The van der Waals surface area contributed by atoms with Gasteiger partial charge in [-0.3, -0.25) is 4.79 Å². The summed E-state index contributed by atoms with van der Waals surface area (Å²) in [5.41, 5.74) is 3.52. The number of carbonyl (C=O) groups excluding carboxylic acids is 1. The molecule has 0 aromatic heterocycles. The van der Waals surface area contributed by atoms with E-state index in [1.807, 2.05) is 42.5 Å². The first kappa shape index (κ1) is 23.3. The first-order valence-corrected chi connectivity index (χ1v) is 10.9.